The Morgan fingerprint density at radius 2 is 1.96 bits per heavy atom. The lowest BCUT2D eigenvalue weighted by molar-refractivity contribution is 0.294. The third-order valence-corrected chi connectivity index (χ3v) is 5.47. The maximum Gasteiger partial charge on any atom is 0.0949 e. The summed E-state index contributed by atoms with van der Waals surface area (Å²) in [7, 11) is 0. The summed E-state index contributed by atoms with van der Waals surface area (Å²) < 4.78 is 2.08. The molecule has 3 heterocycles. The number of benzene rings is 2. The summed E-state index contributed by atoms with van der Waals surface area (Å²) in [6.45, 7) is 4.60. The molecule has 0 bridgehead atoms. The van der Waals surface area contributed by atoms with Crippen molar-refractivity contribution >= 4 is 28.7 Å². The van der Waals surface area contributed by atoms with Crippen molar-refractivity contribution in [2.75, 3.05) is 18.0 Å². The Kier molecular flexibility index (Phi) is 4.22. The molecule has 0 atom stereocenters. The van der Waals surface area contributed by atoms with Gasteiger partial charge < -0.3 is 14.9 Å². The summed E-state index contributed by atoms with van der Waals surface area (Å²) in [6, 6.07) is 14.8. The number of aromatic nitrogens is 2. The van der Waals surface area contributed by atoms with E-state index in [0.717, 1.165) is 36.0 Å². The molecule has 0 spiro atoms. The molecule has 0 saturated heterocycles. The third kappa shape index (κ3) is 3.00. The number of halogens is 1. The van der Waals surface area contributed by atoms with Gasteiger partial charge >= 0.3 is 0 Å². The third-order valence-electron chi connectivity index (χ3n) is 5.22. The van der Waals surface area contributed by atoms with Crippen molar-refractivity contribution in [2.24, 2.45) is 0 Å². The molecule has 0 unspecified atom stereocenters. The van der Waals surface area contributed by atoms with Gasteiger partial charge in [-0.15, -0.1) is 5.53 Å². The molecule has 0 radical (unpaired) electrons. The molecule has 1 aromatic heterocycles. The lowest BCUT2D eigenvalue weighted by atomic mass is 10.0. The van der Waals surface area contributed by atoms with Gasteiger partial charge in [0, 0.05) is 41.8 Å². The Hall–Kier alpha value is -2.96. The standard InChI is InChI=1S/C21H21ClN6/c1-15-21-19-7-2-16(13-26-9-8-23-14-26)12-20(19)27(10-11-28(21)25-24-15)18-5-3-17(22)4-6-18/h2-9,12,14,24-25H,10-11,13H2,1H3. The average molecular weight is 393 g/mol. The van der Waals surface area contributed by atoms with Crippen LogP contribution in [0, 0.1) is 0 Å². The highest BCUT2D eigenvalue weighted by atomic mass is 35.5. The van der Waals surface area contributed by atoms with E-state index in [1.165, 1.54) is 22.5 Å². The van der Waals surface area contributed by atoms with Crippen molar-refractivity contribution in [1.82, 2.24) is 25.5 Å². The minimum Gasteiger partial charge on any atom is -0.339 e. The van der Waals surface area contributed by atoms with E-state index < -0.39 is 0 Å². The van der Waals surface area contributed by atoms with E-state index >= 15 is 0 Å². The van der Waals surface area contributed by atoms with Gasteiger partial charge in [0.05, 0.1) is 30.0 Å². The van der Waals surface area contributed by atoms with E-state index in [2.05, 4.69) is 67.7 Å². The molecule has 2 aliphatic rings. The summed E-state index contributed by atoms with van der Waals surface area (Å²) >= 11 is 6.12. The molecular formula is C21H21ClN6. The normalized spacial score (nSPS) is 15.9. The fourth-order valence-corrected chi connectivity index (χ4v) is 4.01. The highest BCUT2D eigenvalue weighted by molar-refractivity contribution is 6.30. The zero-order valence-corrected chi connectivity index (χ0v) is 16.3. The van der Waals surface area contributed by atoms with Gasteiger partial charge in [0.15, 0.2) is 0 Å². The topological polar surface area (TPSA) is 48.4 Å². The fraction of sp³-hybridized carbons (Fsp3) is 0.190. The number of nitrogens with one attached hydrogen (secondary N) is 2. The van der Waals surface area contributed by atoms with Gasteiger partial charge in [-0.1, -0.05) is 23.7 Å². The molecule has 0 saturated carbocycles. The molecule has 6 nitrogen and oxygen atoms in total. The van der Waals surface area contributed by atoms with Crippen LogP contribution < -0.4 is 15.9 Å². The second-order valence-corrected chi connectivity index (χ2v) is 7.51. The van der Waals surface area contributed by atoms with Gasteiger partial charge in [0.2, 0.25) is 0 Å². The van der Waals surface area contributed by atoms with Crippen molar-refractivity contribution in [3.63, 3.8) is 0 Å². The van der Waals surface area contributed by atoms with Gasteiger partial charge in [-0.2, -0.15) is 0 Å². The van der Waals surface area contributed by atoms with Gasteiger partial charge in [-0.05, 0) is 42.8 Å². The molecule has 28 heavy (non-hydrogen) atoms. The highest BCUT2D eigenvalue weighted by Crippen LogP contribution is 2.39. The average Bonchev–Trinajstić information content (AvgIpc) is 3.30. The summed E-state index contributed by atoms with van der Waals surface area (Å²) in [6.07, 6.45) is 5.65. The molecule has 3 aromatic rings. The van der Waals surface area contributed by atoms with Crippen LogP contribution in [-0.2, 0) is 6.54 Å². The van der Waals surface area contributed by atoms with E-state index in [1.807, 2.05) is 30.9 Å². The zero-order chi connectivity index (χ0) is 19.1. The molecule has 0 fully saturated rings. The first-order valence-corrected chi connectivity index (χ1v) is 9.69. The first-order valence-electron chi connectivity index (χ1n) is 9.31. The van der Waals surface area contributed by atoms with Crippen LogP contribution in [0.15, 0.2) is 66.9 Å². The number of fused-ring (bicyclic) bond motifs is 3. The Bertz CT molecular complexity index is 1030. The molecule has 2 N–H and O–H groups in total. The number of hydrazine groups is 2. The number of allylic oxidation sites excluding steroid dienone is 1. The lowest BCUT2D eigenvalue weighted by Gasteiger charge is -2.25. The fourth-order valence-electron chi connectivity index (χ4n) is 3.88. The summed E-state index contributed by atoms with van der Waals surface area (Å²) in [4.78, 5) is 6.52. The van der Waals surface area contributed by atoms with Crippen LogP contribution in [0.1, 0.15) is 18.1 Å². The SMILES string of the molecule is CC1=C2c3ccc(Cn4ccnc4)cc3N(c3ccc(Cl)cc3)CCN2NN1. The smallest absolute Gasteiger partial charge is 0.0949 e. The first kappa shape index (κ1) is 17.2. The molecule has 0 aliphatic carbocycles. The van der Waals surface area contributed by atoms with E-state index in [4.69, 9.17) is 11.6 Å². The van der Waals surface area contributed by atoms with Gasteiger partial charge in [0.25, 0.3) is 0 Å². The quantitative estimate of drug-likeness (QED) is 0.711. The molecule has 2 aliphatic heterocycles. The zero-order valence-electron chi connectivity index (χ0n) is 15.6. The van der Waals surface area contributed by atoms with Crippen molar-refractivity contribution in [1.29, 1.82) is 0 Å². The van der Waals surface area contributed by atoms with Crippen LogP contribution >= 0.6 is 11.6 Å². The van der Waals surface area contributed by atoms with Crippen molar-refractivity contribution < 1.29 is 0 Å². The molecule has 2 aromatic carbocycles. The van der Waals surface area contributed by atoms with Crippen LogP contribution in [0.5, 0.6) is 0 Å². The van der Waals surface area contributed by atoms with Crippen LogP contribution in [0.25, 0.3) is 5.70 Å². The van der Waals surface area contributed by atoms with E-state index in [0.29, 0.717) is 0 Å². The maximum atomic E-state index is 6.12. The van der Waals surface area contributed by atoms with Crippen LogP contribution in [0.2, 0.25) is 5.02 Å². The minimum absolute atomic E-state index is 0.748. The maximum absolute atomic E-state index is 6.12. The number of nitrogens with zero attached hydrogens (tertiary/aromatic N) is 4. The summed E-state index contributed by atoms with van der Waals surface area (Å²) in [5.74, 6) is 0. The summed E-state index contributed by atoms with van der Waals surface area (Å²) in [5, 5.41) is 2.93. The monoisotopic (exact) mass is 392 g/mol. The molecule has 7 heteroatoms. The molecule has 0 amide bonds. The highest BCUT2D eigenvalue weighted by Gasteiger charge is 2.29. The Balaban J connectivity index is 1.63. The van der Waals surface area contributed by atoms with E-state index in [-0.39, 0.29) is 0 Å². The minimum atomic E-state index is 0.748. The second kappa shape index (κ2) is 6.89. The Labute approximate surface area is 169 Å². The van der Waals surface area contributed by atoms with Gasteiger partial charge in [-0.25, -0.2) is 4.98 Å². The Morgan fingerprint density at radius 3 is 2.75 bits per heavy atom. The van der Waals surface area contributed by atoms with E-state index in [1.54, 1.807) is 0 Å². The summed E-state index contributed by atoms with van der Waals surface area (Å²) in [5.41, 5.74) is 13.6. The predicted octanol–water partition coefficient (Wildman–Crippen LogP) is 3.75. The Morgan fingerprint density at radius 1 is 1.11 bits per heavy atom. The van der Waals surface area contributed by atoms with Gasteiger partial charge in [0.1, 0.15) is 0 Å². The van der Waals surface area contributed by atoms with Crippen LogP contribution in [0.4, 0.5) is 11.4 Å². The van der Waals surface area contributed by atoms with Crippen molar-refractivity contribution in [3.8, 4) is 0 Å². The molecule has 5 rings (SSSR count). The van der Waals surface area contributed by atoms with E-state index in [9.17, 15) is 0 Å². The number of imidazole rings is 1. The van der Waals surface area contributed by atoms with Crippen molar-refractivity contribution in [3.05, 3.63) is 83.0 Å². The molecule has 142 valence electrons. The number of rotatable bonds is 3. The van der Waals surface area contributed by atoms with Crippen LogP contribution in [-0.4, -0.2) is 27.6 Å². The van der Waals surface area contributed by atoms with Crippen molar-refractivity contribution in [2.45, 2.75) is 13.5 Å². The van der Waals surface area contributed by atoms with Gasteiger partial charge in [-0.3, -0.25) is 5.01 Å². The predicted molar refractivity (Wildman–Crippen MR) is 112 cm³/mol. The number of hydrogen-bond acceptors (Lipinski definition) is 5. The van der Waals surface area contributed by atoms with Crippen LogP contribution in [0.3, 0.4) is 0 Å². The largest absolute Gasteiger partial charge is 0.339 e. The second-order valence-electron chi connectivity index (χ2n) is 7.08. The molecular weight excluding hydrogens is 372 g/mol. The lowest BCUT2D eigenvalue weighted by Crippen LogP contribution is -2.40. The number of anilines is 2. The number of hydrogen-bond donors (Lipinski definition) is 2. The first-order chi connectivity index (χ1) is 13.7.